The molecule has 3 aliphatic rings. The summed E-state index contributed by atoms with van der Waals surface area (Å²) in [6, 6.07) is 7.64. The highest BCUT2D eigenvalue weighted by molar-refractivity contribution is 7.91. The van der Waals surface area contributed by atoms with Gasteiger partial charge in [0.15, 0.2) is 9.84 Å². The molecule has 0 radical (unpaired) electrons. The molecule has 10 heteroatoms. The van der Waals surface area contributed by atoms with Crippen LogP contribution in [-0.2, 0) is 16.9 Å². The minimum atomic E-state index is -2.99. The minimum Gasteiger partial charge on any atom is -0.488 e. The van der Waals surface area contributed by atoms with Gasteiger partial charge < -0.3 is 9.64 Å². The number of aryl methyl sites for hydroxylation is 1. The van der Waals surface area contributed by atoms with Gasteiger partial charge >= 0.3 is 0 Å². The van der Waals surface area contributed by atoms with Gasteiger partial charge in [-0.05, 0) is 56.9 Å². The first-order valence-corrected chi connectivity index (χ1v) is 13.2. The Morgan fingerprint density at radius 1 is 1.15 bits per heavy atom. The molecular formula is C23H27N5O4S. The highest BCUT2D eigenvalue weighted by atomic mass is 32.2. The Labute approximate surface area is 191 Å². The van der Waals surface area contributed by atoms with Crippen LogP contribution in [0, 0.1) is 5.41 Å². The van der Waals surface area contributed by atoms with Gasteiger partial charge in [-0.15, -0.1) is 0 Å². The van der Waals surface area contributed by atoms with E-state index in [9.17, 15) is 13.2 Å². The molecule has 2 aliphatic heterocycles. The van der Waals surface area contributed by atoms with Crippen molar-refractivity contribution in [2.45, 2.75) is 38.2 Å². The second-order valence-corrected chi connectivity index (χ2v) is 12.4. The zero-order valence-electron chi connectivity index (χ0n) is 18.8. The van der Waals surface area contributed by atoms with Crippen LogP contribution in [0.3, 0.4) is 0 Å². The second kappa shape index (κ2) is 6.82. The van der Waals surface area contributed by atoms with Crippen molar-refractivity contribution in [2.24, 2.45) is 12.5 Å². The van der Waals surface area contributed by atoms with E-state index in [2.05, 4.69) is 22.2 Å². The van der Waals surface area contributed by atoms with Crippen LogP contribution in [0.15, 0.2) is 29.1 Å². The summed E-state index contributed by atoms with van der Waals surface area (Å²) < 4.78 is 31.6. The molecule has 2 aromatic heterocycles. The number of sulfone groups is 1. The van der Waals surface area contributed by atoms with E-state index >= 15 is 0 Å². The third kappa shape index (κ3) is 3.60. The number of ether oxygens (including phenoxy) is 1. The van der Waals surface area contributed by atoms with E-state index in [0.717, 1.165) is 35.9 Å². The molecular weight excluding hydrogens is 442 g/mol. The molecule has 0 bridgehead atoms. The van der Waals surface area contributed by atoms with E-state index in [0.29, 0.717) is 36.6 Å². The van der Waals surface area contributed by atoms with Crippen LogP contribution in [0.1, 0.15) is 32.6 Å². The average molecular weight is 470 g/mol. The van der Waals surface area contributed by atoms with Gasteiger partial charge in [0.1, 0.15) is 28.4 Å². The van der Waals surface area contributed by atoms with Crippen LogP contribution in [-0.4, -0.2) is 58.6 Å². The number of nitrogens with zero attached hydrogens (tertiary/aromatic N) is 4. The molecule has 1 aromatic carbocycles. The number of fused-ring (bicyclic) bond motifs is 1. The number of hydrogen-bond acceptors (Lipinski definition) is 7. The Hall–Kier alpha value is -2.88. The van der Waals surface area contributed by atoms with E-state index < -0.39 is 9.84 Å². The Morgan fingerprint density at radius 2 is 1.97 bits per heavy atom. The third-order valence-electron chi connectivity index (χ3n) is 7.39. The quantitative estimate of drug-likeness (QED) is 0.624. The van der Waals surface area contributed by atoms with Crippen LogP contribution in [0.4, 0.5) is 5.69 Å². The molecule has 3 aromatic rings. The van der Waals surface area contributed by atoms with E-state index in [-0.39, 0.29) is 28.1 Å². The van der Waals surface area contributed by atoms with Crippen molar-refractivity contribution in [2.75, 3.05) is 29.5 Å². The van der Waals surface area contributed by atoms with Gasteiger partial charge in [0, 0.05) is 30.9 Å². The summed E-state index contributed by atoms with van der Waals surface area (Å²) in [7, 11) is -1.35. The van der Waals surface area contributed by atoms with Gasteiger partial charge in [-0.25, -0.2) is 13.1 Å². The fourth-order valence-electron chi connectivity index (χ4n) is 5.20. The van der Waals surface area contributed by atoms with Crippen LogP contribution < -0.4 is 15.2 Å². The smallest absolute Gasteiger partial charge is 0.290 e. The summed E-state index contributed by atoms with van der Waals surface area (Å²) in [5, 5.41) is 12.9. The number of H-pyrrole nitrogens is 1. The van der Waals surface area contributed by atoms with Crippen LogP contribution in [0.25, 0.3) is 22.3 Å². The first kappa shape index (κ1) is 20.7. The van der Waals surface area contributed by atoms with E-state index in [4.69, 9.17) is 4.74 Å². The number of rotatable bonds is 4. The van der Waals surface area contributed by atoms with E-state index in [1.165, 1.54) is 4.68 Å². The topological polar surface area (TPSA) is 110 Å². The third-order valence-corrected chi connectivity index (χ3v) is 9.27. The van der Waals surface area contributed by atoms with Crippen molar-refractivity contribution in [1.82, 2.24) is 20.0 Å². The van der Waals surface area contributed by atoms with Crippen molar-refractivity contribution < 1.29 is 13.2 Å². The molecule has 33 heavy (non-hydrogen) atoms. The Kier molecular flexibility index (Phi) is 4.28. The molecule has 1 aliphatic carbocycles. The number of aromatic nitrogens is 4. The lowest BCUT2D eigenvalue weighted by Crippen LogP contribution is -2.33. The first-order chi connectivity index (χ1) is 15.6. The molecule has 1 spiro atoms. The van der Waals surface area contributed by atoms with Gasteiger partial charge in [-0.2, -0.15) is 10.2 Å². The first-order valence-electron chi connectivity index (χ1n) is 11.4. The SMILES string of the molecule is Cn1nc(-c2n[nH]c3ccc(OC4(C)CC4)cc23)cc(N2CCC3(CCS(=O)(=O)C3)C2)c1=O. The maximum absolute atomic E-state index is 13.0. The fraction of sp³-hybridized carbons (Fsp3) is 0.522. The average Bonchev–Trinajstić information content (AvgIpc) is 3.10. The number of aromatic amines is 1. The lowest BCUT2D eigenvalue weighted by atomic mass is 9.87. The van der Waals surface area contributed by atoms with Crippen LogP contribution >= 0.6 is 0 Å². The predicted molar refractivity (Wildman–Crippen MR) is 125 cm³/mol. The summed E-state index contributed by atoms with van der Waals surface area (Å²) in [4.78, 5) is 15.0. The second-order valence-electron chi connectivity index (χ2n) is 10.2. The monoisotopic (exact) mass is 469 g/mol. The molecule has 1 N–H and O–H groups in total. The fourth-order valence-corrected chi connectivity index (χ4v) is 7.40. The summed E-state index contributed by atoms with van der Waals surface area (Å²) >= 11 is 0. The molecule has 1 atom stereocenters. The Bertz CT molecular complexity index is 1440. The summed E-state index contributed by atoms with van der Waals surface area (Å²) in [5.41, 5.74) is 2.13. The molecule has 9 nitrogen and oxygen atoms in total. The lowest BCUT2D eigenvalue weighted by Gasteiger charge is -2.23. The number of anilines is 1. The zero-order valence-corrected chi connectivity index (χ0v) is 19.6. The van der Waals surface area contributed by atoms with Gasteiger partial charge in [0.2, 0.25) is 0 Å². The highest BCUT2D eigenvalue weighted by Crippen LogP contribution is 2.43. The van der Waals surface area contributed by atoms with Crippen molar-refractivity contribution in [3.63, 3.8) is 0 Å². The van der Waals surface area contributed by atoms with E-state index in [1.54, 1.807) is 13.1 Å². The van der Waals surface area contributed by atoms with Gasteiger partial charge in [0.05, 0.1) is 17.0 Å². The molecule has 174 valence electrons. The molecule has 6 rings (SSSR count). The molecule has 1 saturated carbocycles. The van der Waals surface area contributed by atoms with Crippen LogP contribution in [0.5, 0.6) is 5.75 Å². The molecule has 0 amide bonds. The van der Waals surface area contributed by atoms with Crippen molar-refractivity contribution in [1.29, 1.82) is 0 Å². The number of hydrogen-bond donors (Lipinski definition) is 1. The largest absolute Gasteiger partial charge is 0.488 e. The Morgan fingerprint density at radius 3 is 2.70 bits per heavy atom. The van der Waals surface area contributed by atoms with Crippen molar-refractivity contribution in [3.8, 4) is 17.1 Å². The summed E-state index contributed by atoms with van der Waals surface area (Å²) in [5.74, 6) is 1.24. The van der Waals surface area contributed by atoms with Crippen LogP contribution in [0.2, 0.25) is 0 Å². The standard InChI is InChI=1S/C23H27N5O4S/c1-22(5-6-22)32-15-3-4-17-16(11-15)20(25-24-17)18-12-19(21(29)27(2)26-18)28-9-7-23(13-28)8-10-33(30,31)14-23/h3-4,11-12H,5-10,13-14H2,1-2H3,(H,24,25). The Balaban J connectivity index is 1.37. The van der Waals surface area contributed by atoms with E-state index in [1.807, 2.05) is 23.1 Å². The van der Waals surface area contributed by atoms with Crippen molar-refractivity contribution in [3.05, 3.63) is 34.6 Å². The minimum absolute atomic E-state index is 0.0843. The molecule has 2 saturated heterocycles. The normalized spacial score (nSPS) is 25.2. The molecule has 3 fully saturated rings. The van der Waals surface area contributed by atoms with Gasteiger partial charge in [-0.3, -0.25) is 9.89 Å². The number of nitrogens with one attached hydrogen (secondary N) is 1. The van der Waals surface area contributed by atoms with Gasteiger partial charge in [0.25, 0.3) is 5.56 Å². The lowest BCUT2D eigenvalue weighted by molar-refractivity contribution is 0.200. The number of benzene rings is 1. The van der Waals surface area contributed by atoms with Gasteiger partial charge in [-0.1, -0.05) is 0 Å². The maximum Gasteiger partial charge on any atom is 0.290 e. The predicted octanol–water partition coefficient (Wildman–Crippen LogP) is 2.27. The molecule has 1 unspecified atom stereocenters. The van der Waals surface area contributed by atoms with Crippen molar-refractivity contribution >= 4 is 26.4 Å². The zero-order chi connectivity index (χ0) is 23.0. The maximum atomic E-state index is 13.0. The molecule has 4 heterocycles. The summed E-state index contributed by atoms with van der Waals surface area (Å²) in [6.07, 6.45) is 3.54. The summed E-state index contributed by atoms with van der Waals surface area (Å²) in [6.45, 7) is 3.33. The highest BCUT2D eigenvalue weighted by Gasteiger charge is 2.47.